The zero-order valence-electron chi connectivity index (χ0n) is 12.5. The SMILES string of the molecule is COc1ccccc1NC(=O)[C@H](C)SCc1ccc(Cl)cc1. The topological polar surface area (TPSA) is 38.3 Å². The van der Waals surface area contributed by atoms with E-state index in [9.17, 15) is 4.79 Å². The molecule has 0 aromatic heterocycles. The average Bonchev–Trinajstić information content (AvgIpc) is 2.54. The van der Waals surface area contributed by atoms with Crippen molar-refractivity contribution in [3.63, 3.8) is 0 Å². The Labute approximate surface area is 140 Å². The Morgan fingerprint density at radius 2 is 1.91 bits per heavy atom. The number of anilines is 1. The third-order valence-electron chi connectivity index (χ3n) is 3.15. The molecular formula is C17H18ClNO2S. The van der Waals surface area contributed by atoms with Crippen LogP contribution in [0.4, 0.5) is 5.69 Å². The van der Waals surface area contributed by atoms with Gasteiger partial charge in [0.15, 0.2) is 0 Å². The normalized spacial score (nSPS) is 11.8. The smallest absolute Gasteiger partial charge is 0.237 e. The molecule has 0 unspecified atom stereocenters. The van der Waals surface area contributed by atoms with Crippen molar-refractivity contribution in [1.29, 1.82) is 0 Å². The molecule has 0 aliphatic carbocycles. The number of carbonyl (C=O) groups is 1. The van der Waals surface area contributed by atoms with Crippen LogP contribution < -0.4 is 10.1 Å². The highest BCUT2D eigenvalue weighted by molar-refractivity contribution is 7.99. The maximum Gasteiger partial charge on any atom is 0.237 e. The quantitative estimate of drug-likeness (QED) is 0.837. The number of nitrogens with one attached hydrogen (secondary N) is 1. The summed E-state index contributed by atoms with van der Waals surface area (Å²) in [6, 6.07) is 15.0. The second kappa shape index (κ2) is 8.11. The Morgan fingerprint density at radius 1 is 1.23 bits per heavy atom. The first-order valence-corrected chi connectivity index (χ1v) is 8.32. The molecule has 5 heteroatoms. The molecule has 0 aliphatic heterocycles. The van der Waals surface area contributed by atoms with Crippen molar-refractivity contribution >= 4 is 35.0 Å². The molecule has 0 radical (unpaired) electrons. The number of amides is 1. The van der Waals surface area contributed by atoms with E-state index in [2.05, 4.69) is 5.32 Å². The van der Waals surface area contributed by atoms with Gasteiger partial charge in [0.2, 0.25) is 5.91 Å². The zero-order valence-corrected chi connectivity index (χ0v) is 14.1. The van der Waals surface area contributed by atoms with Gasteiger partial charge in [-0.1, -0.05) is 35.9 Å². The van der Waals surface area contributed by atoms with Crippen molar-refractivity contribution in [3.05, 3.63) is 59.1 Å². The number of hydrogen-bond acceptors (Lipinski definition) is 3. The molecule has 1 amide bonds. The molecule has 22 heavy (non-hydrogen) atoms. The Kier molecular flexibility index (Phi) is 6.16. The van der Waals surface area contributed by atoms with Crippen LogP contribution in [-0.4, -0.2) is 18.3 Å². The number of para-hydroxylation sites is 2. The minimum Gasteiger partial charge on any atom is -0.495 e. The molecule has 1 atom stereocenters. The van der Waals surface area contributed by atoms with Gasteiger partial charge in [0.1, 0.15) is 5.75 Å². The molecule has 0 spiro atoms. The Hall–Kier alpha value is -1.65. The third-order valence-corrected chi connectivity index (χ3v) is 4.61. The number of ether oxygens (including phenoxy) is 1. The van der Waals surface area contributed by atoms with E-state index in [1.165, 1.54) is 0 Å². The van der Waals surface area contributed by atoms with Crippen LogP contribution in [0.25, 0.3) is 0 Å². The number of thioether (sulfide) groups is 1. The van der Waals surface area contributed by atoms with Gasteiger partial charge in [0.05, 0.1) is 18.0 Å². The zero-order chi connectivity index (χ0) is 15.9. The van der Waals surface area contributed by atoms with E-state index in [-0.39, 0.29) is 11.2 Å². The molecular weight excluding hydrogens is 318 g/mol. The van der Waals surface area contributed by atoms with E-state index < -0.39 is 0 Å². The first kappa shape index (κ1) is 16.7. The summed E-state index contributed by atoms with van der Waals surface area (Å²) in [6.45, 7) is 1.89. The lowest BCUT2D eigenvalue weighted by Gasteiger charge is -2.14. The van der Waals surface area contributed by atoms with Gasteiger partial charge in [-0.25, -0.2) is 0 Å². The summed E-state index contributed by atoms with van der Waals surface area (Å²) in [5.74, 6) is 1.38. The van der Waals surface area contributed by atoms with Crippen molar-refractivity contribution in [2.24, 2.45) is 0 Å². The maximum absolute atomic E-state index is 12.2. The molecule has 2 aromatic rings. The summed E-state index contributed by atoms with van der Waals surface area (Å²) in [4.78, 5) is 12.2. The predicted octanol–water partition coefficient (Wildman–Crippen LogP) is 4.61. The lowest BCUT2D eigenvalue weighted by Crippen LogP contribution is -2.22. The number of halogens is 1. The fourth-order valence-corrected chi connectivity index (χ4v) is 2.83. The van der Waals surface area contributed by atoms with E-state index in [1.54, 1.807) is 18.9 Å². The summed E-state index contributed by atoms with van der Waals surface area (Å²) in [7, 11) is 1.59. The van der Waals surface area contributed by atoms with Crippen molar-refractivity contribution < 1.29 is 9.53 Å². The van der Waals surface area contributed by atoms with Crippen LogP contribution in [0.15, 0.2) is 48.5 Å². The molecule has 0 bridgehead atoms. The van der Waals surface area contributed by atoms with Crippen molar-refractivity contribution in [3.8, 4) is 5.75 Å². The van der Waals surface area contributed by atoms with Gasteiger partial charge in [0, 0.05) is 10.8 Å². The highest BCUT2D eigenvalue weighted by atomic mass is 35.5. The summed E-state index contributed by atoms with van der Waals surface area (Å²) in [5.41, 5.74) is 1.83. The van der Waals surface area contributed by atoms with E-state index in [4.69, 9.17) is 16.3 Å². The molecule has 0 saturated carbocycles. The number of rotatable bonds is 6. The maximum atomic E-state index is 12.2. The van der Waals surface area contributed by atoms with Crippen molar-refractivity contribution in [1.82, 2.24) is 0 Å². The van der Waals surface area contributed by atoms with Crippen LogP contribution in [-0.2, 0) is 10.5 Å². The summed E-state index contributed by atoms with van der Waals surface area (Å²) >= 11 is 7.44. The highest BCUT2D eigenvalue weighted by Gasteiger charge is 2.15. The molecule has 2 rings (SSSR count). The van der Waals surface area contributed by atoms with Crippen molar-refractivity contribution in [2.75, 3.05) is 12.4 Å². The van der Waals surface area contributed by atoms with Gasteiger partial charge >= 0.3 is 0 Å². The second-order valence-electron chi connectivity index (χ2n) is 4.77. The molecule has 2 aromatic carbocycles. The molecule has 3 nitrogen and oxygen atoms in total. The molecule has 1 N–H and O–H groups in total. The van der Waals surface area contributed by atoms with Crippen LogP contribution in [0.3, 0.4) is 0 Å². The fourth-order valence-electron chi connectivity index (χ4n) is 1.86. The number of hydrogen-bond donors (Lipinski definition) is 1. The molecule has 0 fully saturated rings. The number of carbonyl (C=O) groups excluding carboxylic acids is 1. The van der Waals surface area contributed by atoms with E-state index in [0.29, 0.717) is 11.4 Å². The minimum atomic E-state index is -0.166. The van der Waals surface area contributed by atoms with Gasteiger partial charge in [-0.3, -0.25) is 4.79 Å². The van der Waals surface area contributed by atoms with Crippen LogP contribution in [0.5, 0.6) is 5.75 Å². The molecule has 0 aliphatic rings. The van der Waals surface area contributed by atoms with E-state index in [1.807, 2.05) is 55.5 Å². The van der Waals surface area contributed by atoms with Crippen LogP contribution >= 0.6 is 23.4 Å². The standard InChI is InChI=1S/C17H18ClNO2S/c1-12(22-11-13-7-9-14(18)10-8-13)17(20)19-15-5-3-4-6-16(15)21-2/h3-10,12H,11H2,1-2H3,(H,19,20)/t12-/m0/s1. The van der Waals surface area contributed by atoms with E-state index in [0.717, 1.165) is 16.3 Å². The summed E-state index contributed by atoms with van der Waals surface area (Å²) < 4.78 is 5.23. The number of benzene rings is 2. The number of methoxy groups -OCH3 is 1. The summed E-state index contributed by atoms with van der Waals surface area (Å²) in [6.07, 6.45) is 0. The van der Waals surface area contributed by atoms with Gasteiger partial charge in [-0.15, -0.1) is 11.8 Å². The van der Waals surface area contributed by atoms with Gasteiger partial charge in [-0.05, 0) is 36.8 Å². The Balaban J connectivity index is 1.90. The van der Waals surface area contributed by atoms with Gasteiger partial charge in [-0.2, -0.15) is 0 Å². The van der Waals surface area contributed by atoms with Crippen LogP contribution in [0, 0.1) is 0 Å². The van der Waals surface area contributed by atoms with Crippen molar-refractivity contribution in [2.45, 2.75) is 17.9 Å². The lowest BCUT2D eigenvalue weighted by molar-refractivity contribution is -0.115. The predicted molar refractivity (Wildman–Crippen MR) is 93.8 cm³/mol. The first-order valence-electron chi connectivity index (χ1n) is 6.90. The fraction of sp³-hybridized carbons (Fsp3) is 0.235. The minimum absolute atomic E-state index is 0.0385. The Bertz CT molecular complexity index is 631. The largest absolute Gasteiger partial charge is 0.495 e. The molecule has 116 valence electrons. The monoisotopic (exact) mass is 335 g/mol. The molecule has 0 saturated heterocycles. The first-order chi connectivity index (χ1) is 10.6. The Morgan fingerprint density at radius 3 is 2.59 bits per heavy atom. The third kappa shape index (κ3) is 4.68. The van der Waals surface area contributed by atoms with Crippen LogP contribution in [0.2, 0.25) is 5.02 Å². The van der Waals surface area contributed by atoms with Gasteiger partial charge in [0.25, 0.3) is 0 Å². The lowest BCUT2D eigenvalue weighted by atomic mass is 10.2. The second-order valence-corrected chi connectivity index (χ2v) is 6.53. The highest BCUT2D eigenvalue weighted by Crippen LogP contribution is 2.25. The molecule has 0 heterocycles. The average molecular weight is 336 g/mol. The summed E-state index contributed by atoms with van der Waals surface area (Å²) in [5, 5.41) is 3.45. The van der Waals surface area contributed by atoms with E-state index >= 15 is 0 Å². The van der Waals surface area contributed by atoms with Gasteiger partial charge < -0.3 is 10.1 Å². The van der Waals surface area contributed by atoms with Crippen LogP contribution in [0.1, 0.15) is 12.5 Å².